The Kier molecular flexibility index (Phi) is 2.33. The van der Waals surface area contributed by atoms with E-state index in [1.54, 1.807) is 18.6 Å². The summed E-state index contributed by atoms with van der Waals surface area (Å²) < 4.78 is 0. The highest BCUT2D eigenvalue weighted by Crippen LogP contribution is 2.34. The molecule has 0 amide bonds. The maximum absolute atomic E-state index is 5.93. The van der Waals surface area contributed by atoms with Crippen LogP contribution < -0.4 is 5.73 Å². The lowest BCUT2D eigenvalue weighted by Crippen LogP contribution is -1.89. The maximum atomic E-state index is 5.93. The first kappa shape index (κ1) is 10.5. The Morgan fingerprint density at radius 2 is 2.11 bits per heavy atom. The van der Waals surface area contributed by atoms with E-state index in [1.165, 1.54) is 0 Å². The Hall–Kier alpha value is -2.63. The van der Waals surface area contributed by atoms with Crippen molar-refractivity contribution in [1.29, 1.82) is 0 Å². The third kappa shape index (κ3) is 1.55. The van der Waals surface area contributed by atoms with Crippen LogP contribution in [0.2, 0.25) is 0 Å². The van der Waals surface area contributed by atoms with Gasteiger partial charge in [0.05, 0.1) is 17.5 Å². The van der Waals surface area contributed by atoms with Crippen molar-refractivity contribution in [3.63, 3.8) is 0 Å². The fourth-order valence-electron chi connectivity index (χ4n) is 1.96. The van der Waals surface area contributed by atoms with Crippen molar-refractivity contribution < 1.29 is 0 Å². The second-order valence-electron chi connectivity index (χ2n) is 4.01. The quantitative estimate of drug-likeness (QED) is 0.635. The minimum atomic E-state index is 0.457. The molecule has 0 aliphatic rings. The summed E-state index contributed by atoms with van der Waals surface area (Å²) in [6, 6.07) is 3.82. The Balaban J connectivity index is 2.22. The normalized spacial score (nSPS) is 10.7. The van der Waals surface area contributed by atoms with Gasteiger partial charge in [-0.25, -0.2) is 0 Å². The zero-order chi connectivity index (χ0) is 12.5. The third-order valence-corrected chi connectivity index (χ3v) is 2.84. The average molecular weight is 240 g/mol. The van der Waals surface area contributed by atoms with Crippen LogP contribution in [0.15, 0.2) is 30.7 Å². The Labute approximate surface area is 103 Å². The first-order valence-corrected chi connectivity index (χ1v) is 5.52. The minimum absolute atomic E-state index is 0.457. The summed E-state index contributed by atoms with van der Waals surface area (Å²) in [4.78, 5) is 4.11. The predicted octanol–water partition coefficient (Wildman–Crippen LogP) is 1.75. The van der Waals surface area contributed by atoms with Gasteiger partial charge in [0, 0.05) is 29.2 Å². The summed E-state index contributed by atoms with van der Waals surface area (Å²) >= 11 is 0. The molecule has 3 rings (SSSR count). The molecule has 3 heterocycles. The number of nitrogens with two attached hydrogens (primary N) is 1. The first-order chi connectivity index (χ1) is 8.77. The Morgan fingerprint density at radius 1 is 1.22 bits per heavy atom. The van der Waals surface area contributed by atoms with Crippen LogP contribution >= 0.6 is 0 Å². The SMILES string of the molecule is Cc1[nH]ncc1-c1[nH]nc(N)c1-c1cccnc1. The van der Waals surface area contributed by atoms with E-state index in [2.05, 4.69) is 25.4 Å². The van der Waals surface area contributed by atoms with Crippen molar-refractivity contribution >= 4 is 5.82 Å². The molecule has 0 aliphatic heterocycles. The number of rotatable bonds is 2. The summed E-state index contributed by atoms with van der Waals surface area (Å²) in [5.74, 6) is 0.457. The van der Waals surface area contributed by atoms with Crippen LogP contribution in [0.4, 0.5) is 5.82 Å². The van der Waals surface area contributed by atoms with Crippen LogP contribution in [0, 0.1) is 6.92 Å². The molecule has 3 aromatic rings. The van der Waals surface area contributed by atoms with E-state index in [1.807, 2.05) is 19.1 Å². The second kappa shape index (κ2) is 3.99. The van der Waals surface area contributed by atoms with Gasteiger partial charge in [0.1, 0.15) is 0 Å². The molecule has 6 heteroatoms. The number of nitrogens with one attached hydrogen (secondary N) is 2. The zero-order valence-corrected chi connectivity index (χ0v) is 9.81. The van der Waals surface area contributed by atoms with Gasteiger partial charge in [-0.3, -0.25) is 15.2 Å². The number of hydrogen-bond donors (Lipinski definition) is 3. The monoisotopic (exact) mass is 240 g/mol. The predicted molar refractivity (Wildman–Crippen MR) is 68.5 cm³/mol. The number of hydrogen-bond acceptors (Lipinski definition) is 4. The number of nitrogen functional groups attached to an aromatic ring is 1. The molecule has 0 saturated carbocycles. The molecule has 6 nitrogen and oxygen atoms in total. The molecule has 0 fully saturated rings. The largest absolute Gasteiger partial charge is 0.382 e. The van der Waals surface area contributed by atoms with Gasteiger partial charge < -0.3 is 5.73 Å². The summed E-state index contributed by atoms with van der Waals surface area (Å²) in [5, 5.41) is 13.9. The fraction of sp³-hybridized carbons (Fsp3) is 0.0833. The van der Waals surface area contributed by atoms with Crippen LogP contribution in [-0.4, -0.2) is 25.4 Å². The van der Waals surface area contributed by atoms with Crippen molar-refractivity contribution in [2.24, 2.45) is 0 Å². The molecule has 3 aromatic heterocycles. The van der Waals surface area contributed by atoms with Crippen molar-refractivity contribution in [3.05, 3.63) is 36.4 Å². The van der Waals surface area contributed by atoms with E-state index >= 15 is 0 Å². The van der Waals surface area contributed by atoms with E-state index in [0.29, 0.717) is 5.82 Å². The molecular formula is C12H12N6. The number of aromatic nitrogens is 5. The topological polar surface area (TPSA) is 96.3 Å². The number of H-pyrrole nitrogens is 2. The molecule has 90 valence electrons. The highest BCUT2D eigenvalue weighted by molar-refractivity contribution is 5.87. The van der Waals surface area contributed by atoms with Crippen LogP contribution in [0.5, 0.6) is 0 Å². The number of anilines is 1. The van der Waals surface area contributed by atoms with Crippen LogP contribution in [0.1, 0.15) is 5.69 Å². The van der Waals surface area contributed by atoms with Gasteiger partial charge in [-0.1, -0.05) is 6.07 Å². The molecule has 0 unspecified atom stereocenters. The van der Waals surface area contributed by atoms with E-state index < -0.39 is 0 Å². The summed E-state index contributed by atoms with van der Waals surface area (Å²) in [7, 11) is 0. The van der Waals surface area contributed by atoms with Gasteiger partial charge in [-0.15, -0.1) is 0 Å². The van der Waals surface area contributed by atoms with Gasteiger partial charge in [0.15, 0.2) is 5.82 Å². The summed E-state index contributed by atoms with van der Waals surface area (Å²) in [6.45, 7) is 1.95. The lowest BCUT2D eigenvalue weighted by molar-refractivity contribution is 1.05. The highest BCUT2D eigenvalue weighted by atomic mass is 15.2. The zero-order valence-electron chi connectivity index (χ0n) is 9.81. The van der Waals surface area contributed by atoms with E-state index in [-0.39, 0.29) is 0 Å². The molecule has 0 aromatic carbocycles. The maximum Gasteiger partial charge on any atom is 0.153 e. The number of nitrogens with zero attached hydrogens (tertiary/aromatic N) is 3. The standard InChI is InChI=1S/C12H12N6/c1-7-9(6-15-16-7)11-10(12(13)18-17-11)8-3-2-4-14-5-8/h2-6H,1H3,(H,15,16)(H3,13,17,18). The molecule has 4 N–H and O–H groups in total. The van der Waals surface area contributed by atoms with Crippen molar-refractivity contribution in [1.82, 2.24) is 25.4 Å². The molecular weight excluding hydrogens is 228 g/mol. The molecule has 0 saturated heterocycles. The van der Waals surface area contributed by atoms with E-state index in [9.17, 15) is 0 Å². The Bertz CT molecular complexity index is 667. The molecule has 0 radical (unpaired) electrons. The Morgan fingerprint density at radius 3 is 2.78 bits per heavy atom. The minimum Gasteiger partial charge on any atom is -0.382 e. The summed E-state index contributed by atoms with van der Waals surface area (Å²) in [6.07, 6.45) is 5.24. The highest BCUT2D eigenvalue weighted by Gasteiger charge is 2.17. The fourth-order valence-corrected chi connectivity index (χ4v) is 1.96. The summed E-state index contributed by atoms with van der Waals surface area (Å²) in [5.41, 5.74) is 10.5. The van der Waals surface area contributed by atoms with Crippen molar-refractivity contribution in [2.75, 3.05) is 5.73 Å². The van der Waals surface area contributed by atoms with Gasteiger partial charge in [-0.2, -0.15) is 10.2 Å². The van der Waals surface area contributed by atoms with Gasteiger partial charge >= 0.3 is 0 Å². The first-order valence-electron chi connectivity index (χ1n) is 5.52. The molecule has 0 atom stereocenters. The van der Waals surface area contributed by atoms with Crippen molar-refractivity contribution in [3.8, 4) is 22.4 Å². The lowest BCUT2D eigenvalue weighted by atomic mass is 10.0. The van der Waals surface area contributed by atoms with E-state index in [0.717, 1.165) is 28.1 Å². The van der Waals surface area contributed by atoms with Gasteiger partial charge in [0.2, 0.25) is 0 Å². The molecule has 18 heavy (non-hydrogen) atoms. The third-order valence-electron chi connectivity index (χ3n) is 2.84. The number of aromatic amines is 2. The van der Waals surface area contributed by atoms with Gasteiger partial charge in [-0.05, 0) is 13.0 Å². The number of aryl methyl sites for hydroxylation is 1. The van der Waals surface area contributed by atoms with Crippen LogP contribution in [-0.2, 0) is 0 Å². The van der Waals surface area contributed by atoms with Crippen molar-refractivity contribution in [2.45, 2.75) is 6.92 Å². The van der Waals surface area contributed by atoms with Crippen LogP contribution in [0.25, 0.3) is 22.4 Å². The second-order valence-corrected chi connectivity index (χ2v) is 4.01. The average Bonchev–Trinajstić information content (AvgIpc) is 2.96. The molecule has 0 aliphatic carbocycles. The molecule has 0 bridgehead atoms. The lowest BCUT2D eigenvalue weighted by Gasteiger charge is -2.02. The van der Waals surface area contributed by atoms with E-state index in [4.69, 9.17) is 5.73 Å². The van der Waals surface area contributed by atoms with Crippen LogP contribution in [0.3, 0.4) is 0 Å². The number of pyridine rings is 1. The van der Waals surface area contributed by atoms with Gasteiger partial charge in [0.25, 0.3) is 0 Å². The smallest absolute Gasteiger partial charge is 0.153 e. The molecule has 0 spiro atoms.